The molecule has 3 amide bonds. The van der Waals surface area contributed by atoms with Gasteiger partial charge in [-0.2, -0.15) is 0 Å². The van der Waals surface area contributed by atoms with Crippen LogP contribution >= 0.6 is 0 Å². The summed E-state index contributed by atoms with van der Waals surface area (Å²) in [5, 5.41) is 2.37. The molecule has 0 bridgehead atoms. The number of carbonyl (C=O) groups is 2. The summed E-state index contributed by atoms with van der Waals surface area (Å²) >= 11 is 4.21. The molecule has 0 saturated heterocycles. The van der Waals surface area contributed by atoms with Crippen molar-refractivity contribution in [3.63, 3.8) is 0 Å². The van der Waals surface area contributed by atoms with Gasteiger partial charge in [0.15, 0.2) is 0 Å². The number of nitrogens with one attached hydrogen (secondary N) is 1. The van der Waals surface area contributed by atoms with E-state index in [-0.39, 0.29) is 5.56 Å². The molecular weight excluding hydrogens is 214 g/mol. The van der Waals surface area contributed by atoms with E-state index in [1.807, 2.05) is 6.92 Å². The third-order valence-electron chi connectivity index (χ3n) is 1.77. The zero-order chi connectivity index (χ0) is 11.4. The summed E-state index contributed by atoms with van der Waals surface area (Å²) in [6.07, 6.45) is 0. The minimum atomic E-state index is -0.696. The maximum atomic E-state index is 11.0. The van der Waals surface area contributed by atoms with Crippen LogP contribution in [0.15, 0.2) is 22.6 Å². The minimum absolute atomic E-state index is 0.229. The van der Waals surface area contributed by atoms with Gasteiger partial charge in [0.25, 0.3) is 5.91 Å². The summed E-state index contributed by atoms with van der Waals surface area (Å²) in [4.78, 5) is 22.0. The molecule has 0 aliphatic heterocycles. The summed E-state index contributed by atoms with van der Waals surface area (Å²) in [5.74, 6) is -0.616. The van der Waals surface area contributed by atoms with E-state index in [4.69, 9.17) is 5.73 Å². The van der Waals surface area contributed by atoms with Crippen LogP contribution in [0.3, 0.4) is 0 Å². The van der Waals surface area contributed by atoms with Crippen molar-refractivity contribution in [2.75, 3.05) is 5.32 Å². The fraction of sp³-hybridized carbons (Fsp3) is 0.111. The number of amides is 3. The molecule has 0 radical (unpaired) electrons. The zero-order valence-corrected chi connectivity index (χ0v) is 8.80. The largest absolute Gasteiger partial charge is 0.366 e. The normalized spacial score (nSPS) is 9.40. The van der Waals surface area contributed by atoms with Crippen LogP contribution in [-0.4, -0.2) is 11.9 Å². The van der Waals surface area contributed by atoms with Crippen LogP contribution in [0.4, 0.5) is 10.5 Å². The van der Waals surface area contributed by atoms with E-state index in [2.05, 4.69) is 22.1 Å². The lowest BCUT2D eigenvalue weighted by Gasteiger charge is -2.07. The van der Waals surface area contributed by atoms with Gasteiger partial charge in [0.05, 0.1) is 11.3 Å². The number of aryl methyl sites for hydroxylation is 1. The third-order valence-corrected chi connectivity index (χ3v) is 1.93. The Hall–Kier alpha value is -1.82. The first-order valence-electron chi connectivity index (χ1n) is 4.09. The molecule has 6 heteroatoms. The predicted octanol–water partition coefficient (Wildman–Crippen LogP) is 1.36. The van der Waals surface area contributed by atoms with E-state index in [0.29, 0.717) is 5.69 Å². The van der Waals surface area contributed by atoms with Gasteiger partial charge in [0.1, 0.15) is 0 Å². The topological polar surface area (TPSA) is 84.5 Å². The van der Waals surface area contributed by atoms with Crippen molar-refractivity contribution in [2.24, 2.45) is 10.1 Å². The quantitative estimate of drug-likeness (QED) is 0.793. The fourth-order valence-electron chi connectivity index (χ4n) is 1.11. The Morgan fingerprint density at radius 1 is 1.47 bits per heavy atom. The van der Waals surface area contributed by atoms with Crippen LogP contribution in [0.1, 0.15) is 15.9 Å². The Morgan fingerprint density at radius 2 is 2.13 bits per heavy atom. The maximum Gasteiger partial charge on any atom is 0.356 e. The lowest BCUT2D eigenvalue weighted by molar-refractivity contribution is 0.100. The first kappa shape index (κ1) is 11.3. The molecule has 5 nitrogen and oxygen atoms in total. The number of carbonyl (C=O) groups excluding carboxylic acids is 2. The van der Waals surface area contributed by atoms with E-state index >= 15 is 0 Å². The van der Waals surface area contributed by atoms with Gasteiger partial charge in [0.2, 0.25) is 0 Å². The highest BCUT2D eigenvalue weighted by molar-refractivity contribution is 7.47. The smallest absolute Gasteiger partial charge is 0.356 e. The van der Waals surface area contributed by atoms with Crippen molar-refractivity contribution in [1.29, 1.82) is 0 Å². The molecule has 0 atom stereocenters. The first-order valence-corrected chi connectivity index (χ1v) is 4.46. The van der Waals surface area contributed by atoms with Crippen LogP contribution in [0.2, 0.25) is 0 Å². The maximum absolute atomic E-state index is 11.0. The molecule has 1 aromatic carbocycles. The molecule has 0 unspecified atom stereocenters. The molecule has 0 spiro atoms. The summed E-state index contributed by atoms with van der Waals surface area (Å²) < 4.78 is 3.00. The number of anilines is 1. The van der Waals surface area contributed by atoms with Crippen molar-refractivity contribution < 1.29 is 9.59 Å². The highest BCUT2D eigenvalue weighted by atomic mass is 32.1. The number of nitrogens with zero attached hydrogens (tertiary/aromatic N) is 1. The third kappa shape index (κ3) is 2.81. The SMILES string of the molecule is Cc1ccc(C(N)=O)c(NC(=O)N=S)c1. The lowest BCUT2D eigenvalue weighted by Crippen LogP contribution is -2.16. The van der Waals surface area contributed by atoms with Crippen molar-refractivity contribution >= 4 is 30.1 Å². The molecule has 0 heterocycles. The van der Waals surface area contributed by atoms with Gasteiger partial charge in [0, 0.05) is 12.4 Å². The molecule has 1 aromatic rings. The monoisotopic (exact) mass is 223 g/mol. The van der Waals surface area contributed by atoms with Crippen LogP contribution in [-0.2, 0) is 12.4 Å². The zero-order valence-electron chi connectivity index (χ0n) is 7.98. The lowest BCUT2D eigenvalue weighted by atomic mass is 10.1. The van der Waals surface area contributed by atoms with Crippen molar-refractivity contribution in [1.82, 2.24) is 0 Å². The Balaban J connectivity index is 3.12. The second-order valence-corrected chi connectivity index (χ2v) is 3.12. The number of benzene rings is 1. The average molecular weight is 223 g/mol. The number of urea groups is 1. The van der Waals surface area contributed by atoms with Gasteiger partial charge in [-0.05, 0) is 24.6 Å². The second-order valence-electron chi connectivity index (χ2n) is 2.93. The second kappa shape index (κ2) is 4.61. The molecule has 0 aliphatic carbocycles. The van der Waals surface area contributed by atoms with Crippen molar-refractivity contribution in [3.05, 3.63) is 29.3 Å². The van der Waals surface area contributed by atoms with Crippen LogP contribution < -0.4 is 11.1 Å². The van der Waals surface area contributed by atoms with E-state index in [0.717, 1.165) is 5.56 Å². The Bertz CT molecular complexity index is 431. The van der Waals surface area contributed by atoms with E-state index < -0.39 is 11.9 Å². The Labute approximate surface area is 91.8 Å². The van der Waals surface area contributed by atoms with Gasteiger partial charge in [-0.1, -0.05) is 6.07 Å². The first-order chi connectivity index (χ1) is 7.04. The Morgan fingerprint density at radius 3 is 2.67 bits per heavy atom. The summed E-state index contributed by atoms with van der Waals surface area (Å²) in [6.45, 7) is 1.82. The molecule has 3 N–H and O–H groups in total. The molecule has 15 heavy (non-hydrogen) atoms. The summed E-state index contributed by atoms with van der Waals surface area (Å²) in [7, 11) is 0. The molecule has 0 aromatic heterocycles. The van der Waals surface area contributed by atoms with Gasteiger partial charge < -0.3 is 11.1 Å². The molecular formula is C9H9N3O2S. The van der Waals surface area contributed by atoms with Crippen LogP contribution in [0.25, 0.3) is 0 Å². The van der Waals surface area contributed by atoms with Gasteiger partial charge in [-0.15, -0.1) is 4.36 Å². The molecule has 1 rings (SSSR count). The number of primary amides is 1. The highest BCUT2D eigenvalue weighted by Crippen LogP contribution is 2.17. The van der Waals surface area contributed by atoms with E-state index in [9.17, 15) is 9.59 Å². The summed E-state index contributed by atoms with van der Waals surface area (Å²) in [5.41, 5.74) is 6.57. The number of hydrogen-bond acceptors (Lipinski definition) is 3. The summed E-state index contributed by atoms with van der Waals surface area (Å²) in [6, 6.07) is 4.19. The van der Waals surface area contributed by atoms with E-state index in [1.165, 1.54) is 6.07 Å². The van der Waals surface area contributed by atoms with Gasteiger partial charge in [-0.3, -0.25) is 4.79 Å². The number of hydrogen-bond donors (Lipinski definition) is 2. The Kier molecular flexibility index (Phi) is 3.46. The minimum Gasteiger partial charge on any atom is -0.366 e. The van der Waals surface area contributed by atoms with Crippen molar-refractivity contribution in [3.8, 4) is 0 Å². The predicted molar refractivity (Wildman–Crippen MR) is 58.5 cm³/mol. The van der Waals surface area contributed by atoms with Crippen LogP contribution in [0.5, 0.6) is 0 Å². The highest BCUT2D eigenvalue weighted by Gasteiger charge is 2.10. The fourth-order valence-corrected chi connectivity index (χ4v) is 1.16. The average Bonchev–Trinajstić information content (AvgIpc) is 2.17. The van der Waals surface area contributed by atoms with E-state index in [1.54, 1.807) is 12.1 Å². The van der Waals surface area contributed by atoms with Gasteiger partial charge >= 0.3 is 6.03 Å². The molecule has 78 valence electrons. The van der Waals surface area contributed by atoms with Crippen LogP contribution in [0, 0.1) is 6.92 Å². The van der Waals surface area contributed by atoms with Gasteiger partial charge in [-0.25, -0.2) is 4.79 Å². The number of rotatable bonds is 2. The number of nitrogens with two attached hydrogens (primary N) is 1. The molecule has 0 fully saturated rings. The molecule has 0 aliphatic rings. The molecule has 0 saturated carbocycles. The standard InChI is InChI=1S/C9H9N3O2S/c1-5-2-3-6(8(10)13)7(4-5)11-9(14)12-15/h2-4H,1H3,(H2,10,13)(H,11,14). The van der Waals surface area contributed by atoms with Crippen molar-refractivity contribution in [2.45, 2.75) is 6.92 Å².